The van der Waals surface area contributed by atoms with E-state index in [1.54, 1.807) is 0 Å². The van der Waals surface area contributed by atoms with Crippen LogP contribution in [0.1, 0.15) is 24.0 Å². The molecule has 0 atom stereocenters. The highest BCUT2D eigenvalue weighted by Crippen LogP contribution is 2.22. The van der Waals surface area contributed by atoms with E-state index in [-0.39, 0.29) is 5.91 Å². The molecule has 1 N–H and O–H groups in total. The van der Waals surface area contributed by atoms with Crippen molar-refractivity contribution in [2.75, 3.05) is 19.6 Å². The van der Waals surface area contributed by atoms with Crippen LogP contribution in [0.2, 0.25) is 0 Å². The van der Waals surface area contributed by atoms with Crippen LogP contribution < -0.4 is 0 Å². The van der Waals surface area contributed by atoms with Gasteiger partial charge in [0.1, 0.15) is 5.84 Å². The van der Waals surface area contributed by atoms with Gasteiger partial charge in [-0.05, 0) is 18.4 Å². The molecule has 1 aromatic carbocycles. The van der Waals surface area contributed by atoms with Crippen molar-refractivity contribution in [3.63, 3.8) is 0 Å². The zero-order valence-electron chi connectivity index (χ0n) is 10.4. The van der Waals surface area contributed by atoms with Gasteiger partial charge in [-0.25, -0.2) is 0 Å². The quantitative estimate of drug-likeness (QED) is 0.854. The van der Waals surface area contributed by atoms with Crippen molar-refractivity contribution in [2.45, 2.75) is 19.4 Å². The minimum Gasteiger partial charge on any atom is -0.343 e. The Balaban J connectivity index is 1.69. The Bertz CT molecular complexity index is 492. The second-order valence-corrected chi connectivity index (χ2v) is 4.95. The van der Waals surface area contributed by atoms with E-state index in [1.807, 2.05) is 34.1 Å². The predicted molar refractivity (Wildman–Crippen MR) is 69.5 cm³/mol. The highest BCUT2D eigenvalue weighted by atomic mass is 16.2. The second kappa shape index (κ2) is 4.44. The molecule has 2 aliphatic rings. The molecule has 1 aromatic rings. The van der Waals surface area contributed by atoms with Crippen molar-refractivity contribution in [3.05, 3.63) is 35.4 Å². The van der Waals surface area contributed by atoms with Crippen LogP contribution in [-0.4, -0.2) is 41.2 Å². The molecule has 0 saturated carbocycles. The molecule has 4 heteroatoms. The second-order valence-electron chi connectivity index (χ2n) is 4.95. The Kier molecular flexibility index (Phi) is 2.78. The summed E-state index contributed by atoms with van der Waals surface area (Å²) in [6.07, 6.45) is 2.23. The van der Waals surface area contributed by atoms with E-state index in [1.165, 1.54) is 0 Å². The number of amidine groups is 1. The van der Waals surface area contributed by atoms with Gasteiger partial charge in [0.05, 0.1) is 6.54 Å². The van der Waals surface area contributed by atoms with Crippen LogP contribution in [0.4, 0.5) is 0 Å². The number of hydrogen-bond donors (Lipinski definition) is 1. The maximum absolute atomic E-state index is 12.1. The summed E-state index contributed by atoms with van der Waals surface area (Å²) in [7, 11) is 0. The molecule has 2 heterocycles. The fourth-order valence-corrected chi connectivity index (χ4v) is 2.71. The Morgan fingerprint density at radius 2 is 1.94 bits per heavy atom. The first-order valence-electron chi connectivity index (χ1n) is 6.45. The molecule has 4 nitrogen and oxygen atoms in total. The van der Waals surface area contributed by atoms with Crippen molar-refractivity contribution in [2.24, 2.45) is 0 Å². The van der Waals surface area contributed by atoms with E-state index < -0.39 is 0 Å². The predicted octanol–water partition coefficient (Wildman–Crippen LogP) is 1.45. The smallest absolute Gasteiger partial charge is 0.242 e. The zero-order valence-corrected chi connectivity index (χ0v) is 10.4. The molecular weight excluding hydrogens is 226 g/mol. The summed E-state index contributed by atoms with van der Waals surface area (Å²) >= 11 is 0. The highest BCUT2D eigenvalue weighted by molar-refractivity contribution is 6.01. The normalized spacial score (nSPS) is 18.3. The molecule has 0 bridgehead atoms. The monoisotopic (exact) mass is 243 g/mol. The molecule has 1 fully saturated rings. The number of rotatable bonds is 2. The molecule has 0 aromatic heterocycles. The van der Waals surface area contributed by atoms with Gasteiger partial charge in [-0.3, -0.25) is 10.2 Å². The van der Waals surface area contributed by atoms with Gasteiger partial charge in [0, 0.05) is 25.2 Å². The largest absolute Gasteiger partial charge is 0.343 e. The number of fused-ring (bicyclic) bond motifs is 1. The van der Waals surface area contributed by atoms with Crippen LogP contribution in [0.3, 0.4) is 0 Å². The lowest BCUT2D eigenvalue weighted by Crippen LogP contribution is -2.39. The van der Waals surface area contributed by atoms with E-state index in [0.29, 0.717) is 18.9 Å². The Hall–Kier alpha value is -1.84. The van der Waals surface area contributed by atoms with Gasteiger partial charge in [-0.2, -0.15) is 0 Å². The standard InChI is InChI=1S/C14H17N3O/c15-14-12-6-2-1-5-11(12)9-17(14)10-13(18)16-7-3-4-8-16/h1-2,5-6,15H,3-4,7-10H2. The van der Waals surface area contributed by atoms with Gasteiger partial charge in [0.25, 0.3) is 0 Å². The number of amides is 1. The molecule has 0 spiro atoms. The minimum atomic E-state index is 0.157. The third kappa shape index (κ3) is 1.88. The van der Waals surface area contributed by atoms with E-state index in [0.717, 1.165) is 37.1 Å². The van der Waals surface area contributed by atoms with Crippen LogP contribution in [0.15, 0.2) is 24.3 Å². The number of carbonyl (C=O) groups is 1. The van der Waals surface area contributed by atoms with Crippen LogP contribution in [0, 0.1) is 5.41 Å². The summed E-state index contributed by atoms with van der Waals surface area (Å²) in [6.45, 7) is 2.79. The number of nitrogens with one attached hydrogen (secondary N) is 1. The Morgan fingerprint density at radius 3 is 2.67 bits per heavy atom. The summed E-state index contributed by atoms with van der Waals surface area (Å²) in [5.41, 5.74) is 2.11. The molecular formula is C14H17N3O. The summed E-state index contributed by atoms with van der Waals surface area (Å²) in [4.78, 5) is 15.9. The Labute approximate surface area is 107 Å². The molecule has 18 heavy (non-hydrogen) atoms. The van der Waals surface area contributed by atoms with Gasteiger partial charge >= 0.3 is 0 Å². The number of nitrogens with zero attached hydrogens (tertiary/aromatic N) is 2. The topological polar surface area (TPSA) is 47.4 Å². The lowest BCUT2D eigenvalue weighted by molar-refractivity contribution is -0.130. The van der Waals surface area contributed by atoms with Crippen molar-refractivity contribution in [1.82, 2.24) is 9.80 Å². The van der Waals surface area contributed by atoms with E-state index in [9.17, 15) is 4.79 Å². The third-order valence-electron chi connectivity index (χ3n) is 3.73. The van der Waals surface area contributed by atoms with E-state index >= 15 is 0 Å². The molecule has 94 valence electrons. The van der Waals surface area contributed by atoms with Crippen molar-refractivity contribution < 1.29 is 4.79 Å². The number of likely N-dealkylation sites (tertiary alicyclic amines) is 1. The van der Waals surface area contributed by atoms with Gasteiger partial charge < -0.3 is 9.80 Å². The fourth-order valence-electron chi connectivity index (χ4n) is 2.71. The highest BCUT2D eigenvalue weighted by Gasteiger charge is 2.27. The first kappa shape index (κ1) is 11.3. The fraction of sp³-hybridized carbons (Fsp3) is 0.429. The molecule has 1 amide bonds. The summed E-state index contributed by atoms with van der Waals surface area (Å²) in [5.74, 6) is 0.642. The maximum atomic E-state index is 12.1. The van der Waals surface area contributed by atoms with Crippen LogP contribution in [-0.2, 0) is 11.3 Å². The zero-order chi connectivity index (χ0) is 12.5. The van der Waals surface area contributed by atoms with Crippen LogP contribution >= 0.6 is 0 Å². The van der Waals surface area contributed by atoms with E-state index in [4.69, 9.17) is 5.41 Å². The number of benzene rings is 1. The van der Waals surface area contributed by atoms with Crippen molar-refractivity contribution in [3.8, 4) is 0 Å². The average molecular weight is 243 g/mol. The lowest BCUT2D eigenvalue weighted by atomic mass is 10.1. The summed E-state index contributed by atoms with van der Waals surface area (Å²) < 4.78 is 0. The van der Waals surface area contributed by atoms with Gasteiger partial charge in [-0.15, -0.1) is 0 Å². The van der Waals surface area contributed by atoms with Crippen molar-refractivity contribution >= 4 is 11.7 Å². The van der Waals surface area contributed by atoms with Gasteiger partial charge in [0.2, 0.25) is 5.91 Å². The van der Waals surface area contributed by atoms with Crippen LogP contribution in [0.5, 0.6) is 0 Å². The summed E-state index contributed by atoms with van der Waals surface area (Å²) in [5, 5.41) is 8.11. The Morgan fingerprint density at radius 1 is 1.22 bits per heavy atom. The first-order valence-corrected chi connectivity index (χ1v) is 6.45. The number of carbonyl (C=O) groups excluding carboxylic acids is 1. The molecule has 0 aliphatic carbocycles. The molecule has 2 aliphatic heterocycles. The molecule has 0 radical (unpaired) electrons. The maximum Gasteiger partial charge on any atom is 0.242 e. The SMILES string of the molecule is N=C1c2ccccc2CN1CC(=O)N1CCCC1. The minimum absolute atomic E-state index is 0.157. The average Bonchev–Trinajstić information content (AvgIpc) is 3.00. The van der Waals surface area contributed by atoms with E-state index in [2.05, 4.69) is 0 Å². The molecule has 0 unspecified atom stereocenters. The first-order chi connectivity index (χ1) is 8.75. The molecule has 3 rings (SSSR count). The summed E-state index contributed by atoms with van der Waals surface area (Å²) in [6, 6.07) is 7.92. The van der Waals surface area contributed by atoms with Gasteiger partial charge in [0.15, 0.2) is 0 Å². The van der Waals surface area contributed by atoms with Gasteiger partial charge in [-0.1, -0.05) is 24.3 Å². The third-order valence-corrected chi connectivity index (χ3v) is 3.73. The van der Waals surface area contributed by atoms with Crippen molar-refractivity contribution in [1.29, 1.82) is 5.41 Å². The molecule has 1 saturated heterocycles. The lowest BCUT2D eigenvalue weighted by Gasteiger charge is -2.21. The van der Waals surface area contributed by atoms with Crippen LogP contribution in [0.25, 0.3) is 0 Å². The number of hydrogen-bond acceptors (Lipinski definition) is 2.